The van der Waals surface area contributed by atoms with Crippen LogP contribution in [0.4, 0.5) is 15.8 Å². The zero-order chi connectivity index (χ0) is 26.1. The van der Waals surface area contributed by atoms with Crippen LogP contribution in [-0.2, 0) is 13.6 Å². The lowest BCUT2D eigenvalue weighted by Gasteiger charge is -2.10. The molecule has 8 nitrogen and oxygen atoms in total. The molecule has 10 heteroatoms. The summed E-state index contributed by atoms with van der Waals surface area (Å²) in [7, 11) is 1.80. The van der Waals surface area contributed by atoms with Crippen LogP contribution in [0.25, 0.3) is 16.9 Å². The predicted molar refractivity (Wildman–Crippen MR) is 141 cm³/mol. The highest BCUT2D eigenvalue weighted by Crippen LogP contribution is 2.26. The standard InChI is InChI=1S/C27H22FN5O3S/c1-18-25(26(34)32(30(18)2)22-8-4-3-5-9-22)29-27-31(16-19-11-13-21(28)14-12-19)24(17-37-27)20-7-6-10-23(15-20)33(35)36/h3-15,17H,16H2,1-2H3. The second-order valence-electron chi connectivity index (χ2n) is 8.45. The van der Waals surface area contributed by atoms with Crippen LogP contribution in [-0.4, -0.2) is 18.9 Å². The van der Waals surface area contributed by atoms with E-state index in [-0.39, 0.29) is 17.1 Å². The van der Waals surface area contributed by atoms with Gasteiger partial charge in [0.15, 0.2) is 10.5 Å². The Morgan fingerprint density at radius 3 is 2.46 bits per heavy atom. The van der Waals surface area contributed by atoms with Gasteiger partial charge in [-0.2, -0.15) is 0 Å². The largest absolute Gasteiger partial charge is 0.312 e. The topological polar surface area (TPSA) is 87.4 Å². The minimum atomic E-state index is -0.440. The number of non-ortho nitro benzene ring substituents is 1. The van der Waals surface area contributed by atoms with E-state index in [0.717, 1.165) is 11.3 Å². The number of aromatic nitrogens is 3. The molecule has 186 valence electrons. The maximum absolute atomic E-state index is 13.5. The third kappa shape index (κ3) is 4.66. The molecule has 2 heterocycles. The average molecular weight is 516 g/mol. The third-order valence-corrected chi connectivity index (χ3v) is 7.00. The summed E-state index contributed by atoms with van der Waals surface area (Å²) in [5, 5.41) is 13.2. The summed E-state index contributed by atoms with van der Waals surface area (Å²) in [5.41, 5.74) is 3.58. The Balaban J connectivity index is 1.70. The minimum Gasteiger partial charge on any atom is -0.312 e. The van der Waals surface area contributed by atoms with E-state index in [1.807, 2.05) is 47.2 Å². The van der Waals surface area contributed by atoms with Crippen LogP contribution in [0, 0.1) is 22.9 Å². The van der Waals surface area contributed by atoms with Crippen molar-refractivity contribution in [1.29, 1.82) is 0 Å². The SMILES string of the molecule is Cc1c(N=c2scc(-c3cccc([N+](=O)[O-])c3)n2Cc2ccc(F)cc2)c(=O)n(-c2ccccc2)n1C. The van der Waals surface area contributed by atoms with Crippen molar-refractivity contribution in [3.05, 3.63) is 127 Å². The fraction of sp³-hybridized carbons (Fsp3) is 0.111. The Bertz CT molecular complexity index is 1730. The first-order chi connectivity index (χ1) is 17.8. The van der Waals surface area contributed by atoms with E-state index in [4.69, 9.17) is 4.99 Å². The van der Waals surface area contributed by atoms with Crippen LogP contribution in [0.5, 0.6) is 0 Å². The lowest BCUT2D eigenvalue weighted by Crippen LogP contribution is -2.20. The van der Waals surface area contributed by atoms with Crippen molar-refractivity contribution < 1.29 is 9.31 Å². The average Bonchev–Trinajstić information content (AvgIpc) is 3.39. The van der Waals surface area contributed by atoms with E-state index in [0.29, 0.717) is 34.0 Å². The summed E-state index contributed by atoms with van der Waals surface area (Å²) in [4.78, 5) is 29.7. The van der Waals surface area contributed by atoms with Gasteiger partial charge in [-0.05, 0) is 36.8 Å². The highest BCUT2D eigenvalue weighted by molar-refractivity contribution is 7.07. The van der Waals surface area contributed by atoms with Gasteiger partial charge in [0.25, 0.3) is 11.2 Å². The van der Waals surface area contributed by atoms with E-state index in [1.165, 1.54) is 35.6 Å². The van der Waals surface area contributed by atoms with Gasteiger partial charge >= 0.3 is 0 Å². The summed E-state index contributed by atoms with van der Waals surface area (Å²) < 4.78 is 18.7. The maximum atomic E-state index is 13.5. The number of thiazole rings is 1. The van der Waals surface area contributed by atoms with E-state index in [9.17, 15) is 19.3 Å². The molecule has 0 radical (unpaired) electrons. The number of halogens is 1. The molecule has 0 aliphatic rings. The predicted octanol–water partition coefficient (Wildman–Crippen LogP) is 5.34. The summed E-state index contributed by atoms with van der Waals surface area (Å²) in [5.74, 6) is -0.343. The van der Waals surface area contributed by atoms with Gasteiger partial charge in [-0.3, -0.25) is 19.6 Å². The second kappa shape index (κ2) is 9.82. The van der Waals surface area contributed by atoms with E-state index >= 15 is 0 Å². The molecule has 5 aromatic rings. The maximum Gasteiger partial charge on any atom is 0.297 e. The molecule has 0 amide bonds. The summed E-state index contributed by atoms with van der Waals surface area (Å²) in [6.07, 6.45) is 0. The molecule has 0 atom stereocenters. The van der Waals surface area contributed by atoms with Crippen molar-refractivity contribution >= 4 is 22.7 Å². The van der Waals surface area contributed by atoms with Crippen molar-refractivity contribution in [3.8, 4) is 16.9 Å². The molecule has 0 fully saturated rings. The van der Waals surface area contributed by atoms with Crippen LogP contribution in [0.3, 0.4) is 0 Å². The van der Waals surface area contributed by atoms with Crippen LogP contribution in [0.1, 0.15) is 11.3 Å². The summed E-state index contributed by atoms with van der Waals surface area (Å²) in [6, 6.07) is 21.8. The van der Waals surface area contributed by atoms with Crippen LogP contribution in [0.2, 0.25) is 0 Å². The Kier molecular flexibility index (Phi) is 6.41. The Hall–Kier alpha value is -4.57. The van der Waals surface area contributed by atoms with Gasteiger partial charge < -0.3 is 4.57 Å². The number of hydrogen-bond donors (Lipinski definition) is 0. The Morgan fingerprint density at radius 2 is 1.76 bits per heavy atom. The van der Waals surface area contributed by atoms with Crippen molar-refractivity contribution in [1.82, 2.24) is 13.9 Å². The van der Waals surface area contributed by atoms with Gasteiger partial charge in [0, 0.05) is 30.1 Å². The van der Waals surface area contributed by atoms with Crippen LogP contribution < -0.4 is 10.4 Å². The van der Waals surface area contributed by atoms with Crippen molar-refractivity contribution in [2.24, 2.45) is 12.0 Å². The normalized spacial score (nSPS) is 11.7. The van der Waals surface area contributed by atoms with E-state index < -0.39 is 4.92 Å². The zero-order valence-electron chi connectivity index (χ0n) is 20.0. The van der Waals surface area contributed by atoms with Crippen molar-refractivity contribution in [2.45, 2.75) is 13.5 Å². The molecule has 0 bridgehead atoms. The number of nitro benzene ring substituents is 1. The molecule has 0 N–H and O–H groups in total. The molecule has 0 spiro atoms. The van der Waals surface area contributed by atoms with Crippen molar-refractivity contribution in [2.75, 3.05) is 0 Å². The molecule has 2 aromatic heterocycles. The van der Waals surface area contributed by atoms with Crippen molar-refractivity contribution in [3.63, 3.8) is 0 Å². The number of nitro groups is 1. The Labute approximate surface area is 215 Å². The first kappa shape index (κ1) is 24.1. The molecule has 0 aliphatic heterocycles. The first-order valence-electron chi connectivity index (χ1n) is 11.4. The molecule has 3 aromatic carbocycles. The highest BCUT2D eigenvalue weighted by Gasteiger charge is 2.18. The fourth-order valence-corrected chi connectivity index (χ4v) is 5.05. The van der Waals surface area contributed by atoms with E-state index in [1.54, 1.807) is 40.7 Å². The molecule has 0 aliphatic carbocycles. The fourth-order valence-electron chi connectivity index (χ4n) is 4.13. The number of nitrogens with zero attached hydrogens (tertiary/aromatic N) is 5. The number of rotatable bonds is 6. The molecule has 0 saturated heterocycles. The molecule has 5 rings (SSSR count). The summed E-state index contributed by atoms with van der Waals surface area (Å²) >= 11 is 1.33. The van der Waals surface area contributed by atoms with Gasteiger partial charge in [0.1, 0.15) is 5.82 Å². The molecular weight excluding hydrogens is 493 g/mol. The van der Waals surface area contributed by atoms with Gasteiger partial charge in [0.05, 0.1) is 28.5 Å². The quantitative estimate of drug-likeness (QED) is 0.226. The van der Waals surface area contributed by atoms with Crippen LogP contribution >= 0.6 is 11.3 Å². The highest BCUT2D eigenvalue weighted by atomic mass is 32.1. The Morgan fingerprint density at radius 1 is 1.03 bits per heavy atom. The zero-order valence-corrected chi connectivity index (χ0v) is 20.9. The monoisotopic (exact) mass is 515 g/mol. The number of benzene rings is 3. The lowest BCUT2D eigenvalue weighted by atomic mass is 10.1. The third-order valence-electron chi connectivity index (χ3n) is 6.14. The molecular formula is C27H22FN5O3S. The minimum absolute atomic E-state index is 0.0276. The summed E-state index contributed by atoms with van der Waals surface area (Å²) in [6.45, 7) is 2.17. The first-order valence-corrected chi connectivity index (χ1v) is 12.3. The number of hydrogen-bond acceptors (Lipinski definition) is 5. The number of para-hydroxylation sites is 1. The van der Waals surface area contributed by atoms with Gasteiger partial charge in [0.2, 0.25) is 0 Å². The lowest BCUT2D eigenvalue weighted by molar-refractivity contribution is -0.384. The van der Waals surface area contributed by atoms with E-state index in [2.05, 4.69) is 0 Å². The molecule has 37 heavy (non-hydrogen) atoms. The second-order valence-corrected chi connectivity index (χ2v) is 9.28. The van der Waals surface area contributed by atoms with Gasteiger partial charge in [-0.25, -0.2) is 14.1 Å². The van der Waals surface area contributed by atoms with Gasteiger partial charge in [-0.15, -0.1) is 11.3 Å². The smallest absolute Gasteiger partial charge is 0.297 e. The van der Waals surface area contributed by atoms with Crippen LogP contribution in [0.15, 0.2) is 94.0 Å². The molecule has 0 unspecified atom stereocenters. The molecule has 0 saturated carbocycles. The van der Waals surface area contributed by atoms with Gasteiger partial charge in [-0.1, -0.05) is 42.5 Å².